The summed E-state index contributed by atoms with van der Waals surface area (Å²) in [6.07, 6.45) is 11.1. The van der Waals surface area contributed by atoms with Gasteiger partial charge in [0, 0.05) is 17.7 Å². The van der Waals surface area contributed by atoms with Gasteiger partial charge < -0.3 is 4.74 Å². The summed E-state index contributed by atoms with van der Waals surface area (Å²) in [5.41, 5.74) is 11.7. The SMILES string of the molecule is CC1(C)CCC(C)(C)c2c1cc1c3c2Oc2cccc4c2[n+]-3c(n4C2CCCCC2)C12c1ccccc1-c1cccc[n+]12. The predicted molar refractivity (Wildman–Crippen MR) is 168 cm³/mol. The molecule has 2 aromatic heterocycles. The lowest BCUT2D eigenvalue weighted by atomic mass is 9.61. The minimum absolute atomic E-state index is 0.0294. The number of pyridine rings is 1. The fourth-order valence-electron chi connectivity index (χ4n) is 9.78. The Morgan fingerprint density at radius 2 is 1.58 bits per heavy atom. The highest BCUT2D eigenvalue weighted by molar-refractivity contribution is 5.86. The first-order chi connectivity index (χ1) is 20.8. The van der Waals surface area contributed by atoms with Crippen LogP contribution in [-0.2, 0) is 16.4 Å². The number of fused-ring (bicyclic) bond motifs is 9. The predicted octanol–water partition coefficient (Wildman–Crippen LogP) is 8.30. The summed E-state index contributed by atoms with van der Waals surface area (Å²) in [7, 11) is 0. The van der Waals surface area contributed by atoms with Crippen molar-refractivity contribution in [2.24, 2.45) is 0 Å². The van der Waals surface area contributed by atoms with Crippen LogP contribution in [0.15, 0.2) is 72.9 Å². The highest BCUT2D eigenvalue weighted by Crippen LogP contribution is 2.60. The van der Waals surface area contributed by atoms with Gasteiger partial charge in [0.05, 0.1) is 16.7 Å². The minimum atomic E-state index is -0.481. The van der Waals surface area contributed by atoms with Crippen LogP contribution >= 0.6 is 0 Å². The number of aromatic nitrogens is 3. The molecule has 4 heteroatoms. The van der Waals surface area contributed by atoms with E-state index in [2.05, 4.69) is 114 Å². The van der Waals surface area contributed by atoms with Crippen LogP contribution in [0.3, 0.4) is 0 Å². The Balaban J connectivity index is 1.47. The molecule has 1 atom stereocenters. The van der Waals surface area contributed by atoms with Crippen molar-refractivity contribution in [3.8, 4) is 28.4 Å². The number of ether oxygens (including phenoxy) is 1. The van der Waals surface area contributed by atoms with E-state index in [1.54, 1.807) is 0 Å². The zero-order valence-electron chi connectivity index (χ0n) is 25.7. The van der Waals surface area contributed by atoms with Crippen LogP contribution in [-0.4, -0.2) is 4.57 Å². The Kier molecular flexibility index (Phi) is 4.43. The molecule has 1 fully saturated rings. The summed E-state index contributed by atoms with van der Waals surface area (Å²) in [6, 6.07) is 25.8. The number of hydrogen-bond donors (Lipinski definition) is 0. The molecule has 5 heterocycles. The highest BCUT2D eigenvalue weighted by Gasteiger charge is 2.70. The van der Waals surface area contributed by atoms with E-state index < -0.39 is 5.54 Å². The van der Waals surface area contributed by atoms with Crippen LogP contribution in [0.1, 0.15) is 107 Å². The third-order valence-corrected chi connectivity index (χ3v) is 11.8. The summed E-state index contributed by atoms with van der Waals surface area (Å²) in [4.78, 5) is 0. The maximum atomic E-state index is 7.23. The standard InChI is InChI=1S/C39H39N3O/c1-37(2)20-21-38(3,4)32-27(37)23-28-33-35(32)43-31-19-12-18-30-34(31)42(33)36(41(30)24-13-6-5-7-14-24)39(28)26-16-9-8-15-25(26)29-17-10-11-22-40(29)39/h8-12,15-19,22-24H,5-7,13-14,20-21H2,1-4H3/q+2. The molecule has 0 saturated heterocycles. The van der Waals surface area contributed by atoms with E-state index in [1.807, 2.05) is 0 Å². The Hall–Kier alpha value is -3.92. The molecule has 1 unspecified atom stereocenters. The van der Waals surface area contributed by atoms with Crippen molar-refractivity contribution in [1.82, 2.24) is 4.57 Å². The summed E-state index contributed by atoms with van der Waals surface area (Å²) < 4.78 is 15.3. The molecule has 4 nitrogen and oxygen atoms in total. The smallest absolute Gasteiger partial charge is 0.347 e. The van der Waals surface area contributed by atoms with Gasteiger partial charge in [0.2, 0.25) is 11.2 Å². The molecule has 0 bridgehead atoms. The van der Waals surface area contributed by atoms with E-state index in [0.717, 1.165) is 17.9 Å². The lowest BCUT2D eigenvalue weighted by Gasteiger charge is -2.43. The van der Waals surface area contributed by atoms with Crippen molar-refractivity contribution in [3.63, 3.8) is 0 Å². The van der Waals surface area contributed by atoms with Crippen molar-refractivity contribution in [1.29, 1.82) is 0 Å². The van der Waals surface area contributed by atoms with E-state index >= 15 is 0 Å². The van der Waals surface area contributed by atoms with Gasteiger partial charge in [-0.15, -0.1) is 0 Å². The average molecular weight is 566 g/mol. The van der Waals surface area contributed by atoms with E-state index in [9.17, 15) is 0 Å². The van der Waals surface area contributed by atoms with Crippen molar-refractivity contribution >= 4 is 11.0 Å². The molecule has 3 aromatic carbocycles. The second kappa shape index (κ2) is 7.77. The Bertz CT molecular complexity index is 2010. The zero-order valence-corrected chi connectivity index (χ0v) is 25.7. The first kappa shape index (κ1) is 24.5. The van der Waals surface area contributed by atoms with Crippen molar-refractivity contribution in [2.45, 2.75) is 95.1 Å². The molecule has 0 radical (unpaired) electrons. The Morgan fingerprint density at radius 3 is 2.44 bits per heavy atom. The van der Waals surface area contributed by atoms with Gasteiger partial charge in [0.15, 0.2) is 28.9 Å². The molecular weight excluding hydrogens is 526 g/mol. The normalized spacial score (nSPS) is 23.3. The molecule has 2 aliphatic carbocycles. The largest absolute Gasteiger partial charge is 0.448 e. The van der Waals surface area contributed by atoms with Gasteiger partial charge in [-0.1, -0.05) is 58.4 Å². The Morgan fingerprint density at radius 1 is 0.791 bits per heavy atom. The number of benzene rings is 3. The van der Waals surface area contributed by atoms with Crippen LogP contribution in [0, 0.1) is 0 Å². The Labute approximate surface area is 253 Å². The van der Waals surface area contributed by atoms with Crippen LogP contribution in [0.2, 0.25) is 0 Å². The van der Waals surface area contributed by atoms with Gasteiger partial charge in [0.25, 0.3) is 0 Å². The van der Waals surface area contributed by atoms with Gasteiger partial charge in [-0.2, -0.15) is 9.13 Å². The van der Waals surface area contributed by atoms with E-state index in [0.29, 0.717) is 6.04 Å². The van der Waals surface area contributed by atoms with Gasteiger partial charge >= 0.3 is 11.4 Å². The van der Waals surface area contributed by atoms with Crippen LogP contribution < -0.4 is 13.9 Å². The zero-order chi connectivity index (χ0) is 28.9. The second-order valence-electron chi connectivity index (χ2n) is 15.1. The van der Waals surface area contributed by atoms with Crippen LogP contribution in [0.25, 0.3) is 28.0 Å². The molecule has 10 rings (SSSR count). The fraction of sp³-hybridized carbons (Fsp3) is 0.385. The maximum Gasteiger partial charge on any atom is 0.347 e. The quantitative estimate of drug-likeness (QED) is 0.184. The first-order valence-corrected chi connectivity index (χ1v) is 16.5. The molecule has 1 spiro atoms. The topological polar surface area (TPSA) is 21.9 Å². The molecule has 43 heavy (non-hydrogen) atoms. The number of rotatable bonds is 1. The minimum Gasteiger partial charge on any atom is -0.448 e. The summed E-state index contributed by atoms with van der Waals surface area (Å²) in [6.45, 7) is 9.76. The third kappa shape index (κ3) is 2.72. The molecule has 1 saturated carbocycles. The molecular formula is C39H39N3O+2. The van der Waals surface area contributed by atoms with Gasteiger partial charge in [0.1, 0.15) is 6.04 Å². The first-order valence-electron chi connectivity index (χ1n) is 16.5. The summed E-state index contributed by atoms with van der Waals surface area (Å²) in [5.74, 6) is 3.49. The van der Waals surface area contributed by atoms with Crippen LogP contribution in [0.5, 0.6) is 11.5 Å². The molecule has 5 aliphatic rings. The number of para-hydroxylation sites is 1. The molecule has 3 aliphatic heterocycles. The number of imidazole rings is 1. The number of hydrogen-bond acceptors (Lipinski definition) is 1. The number of nitrogens with zero attached hydrogens (tertiary/aromatic N) is 3. The molecule has 0 N–H and O–H groups in total. The van der Waals surface area contributed by atoms with Gasteiger partial charge in [-0.25, -0.2) is 4.57 Å². The van der Waals surface area contributed by atoms with E-state index in [-0.39, 0.29) is 10.8 Å². The van der Waals surface area contributed by atoms with Crippen LogP contribution in [0.4, 0.5) is 0 Å². The van der Waals surface area contributed by atoms with Crippen molar-refractivity contribution in [3.05, 3.63) is 101 Å². The van der Waals surface area contributed by atoms with Crippen molar-refractivity contribution in [2.75, 3.05) is 0 Å². The molecule has 0 amide bonds. The monoisotopic (exact) mass is 565 g/mol. The summed E-state index contributed by atoms with van der Waals surface area (Å²) >= 11 is 0. The molecule has 214 valence electrons. The maximum absolute atomic E-state index is 7.23. The van der Waals surface area contributed by atoms with Gasteiger partial charge in [-0.05, 0) is 85.3 Å². The molecule has 5 aromatic rings. The van der Waals surface area contributed by atoms with E-state index in [1.165, 1.54) is 94.6 Å². The third-order valence-electron chi connectivity index (χ3n) is 11.8. The van der Waals surface area contributed by atoms with Crippen molar-refractivity contribution < 1.29 is 13.9 Å². The lowest BCUT2D eigenvalue weighted by Crippen LogP contribution is -2.58. The average Bonchev–Trinajstić information content (AvgIpc) is 3.62. The lowest BCUT2D eigenvalue weighted by molar-refractivity contribution is -0.733. The second-order valence-corrected chi connectivity index (χ2v) is 15.1. The summed E-state index contributed by atoms with van der Waals surface area (Å²) in [5, 5.41) is 0. The highest BCUT2D eigenvalue weighted by atomic mass is 16.5. The van der Waals surface area contributed by atoms with Gasteiger partial charge in [-0.3, -0.25) is 0 Å². The van der Waals surface area contributed by atoms with E-state index in [4.69, 9.17) is 4.74 Å². The fourth-order valence-corrected chi connectivity index (χ4v) is 9.78.